The fraction of sp³-hybridized carbons (Fsp3) is 1.00. The summed E-state index contributed by atoms with van der Waals surface area (Å²) in [5.74, 6) is 0. The summed E-state index contributed by atoms with van der Waals surface area (Å²) in [5.41, 5.74) is 0.170. The number of hydrogen-bond acceptors (Lipinski definition) is 3. The Morgan fingerprint density at radius 1 is 1.31 bits per heavy atom. The lowest BCUT2D eigenvalue weighted by molar-refractivity contribution is -0.175. The molecule has 2 aliphatic heterocycles. The number of halogens is 1. The molecule has 2 rings (SSSR count). The second-order valence-corrected chi connectivity index (χ2v) is 5.74. The molecule has 0 aliphatic carbocycles. The van der Waals surface area contributed by atoms with Gasteiger partial charge < -0.3 is 4.74 Å². The normalized spacial score (nSPS) is 29.5. The molecule has 0 amide bonds. The third-order valence-corrected chi connectivity index (χ3v) is 3.74. The standard InChI is InChI=1S/C9H17IN2O/c1-8(2)11-5-9(6-11)7-12(10)3-4-13-9/h8H,3-7H2,1-2H3. The van der Waals surface area contributed by atoms with Crippen molar-refractivity contribution in [1.82, 2.24) is 8.01 Å². The van der Waals surface area contributed by atoms with Gasteiger partial charge in [-0.25, -0.2) is 3.11 Å². The predicted molar refractivity (Wildman–Crippen MR) is 61.0 cm³/mol. The van der Waals surface area contributed by atoms with Gasteiger partial charge in [-0.1, -0.05) is 0 Å². The van der Waals surface area contributed by atoms with Crippen molar-refractivity contribution in [2.45, 2.75) is 25.5 Å². The molecule has 0 radical (unpaired) electrons. The molecule has 3 nitrogen and oxygen atoms in total. The van der Waals surface area contributed by atoms with Gasteiger partial charge in [-0.05, 0) is 13.8 Å². The smallest absolute Gasteiger partial charge is 0.107 e. The molecule has 2 heterocycles. The van der Waals surface area contributed by atoms with Crippen LogP contribution in [0.2, 0.25) is 0 Å². The summed E-state index contributed by atoms with van der Waals surface area (Å²) in [6, 6.07) is 0.666. The first kappa shape index (κ1) is 10.1. The molecule has 0 atom stereocenters. The summed E-state index contributed by atoms with van der Waals surface area (Å²) in [6.45, 7) is 9.79. The van der Waals surface area contributed by atoms with E-state index in [0.29, 0.717) is 6.04 Å². The van der Waals surface area contributed by atoms with E-state index in [9.17, 15) is 0 Å². The number of nitrogens with zero attached hydrogens (tertiary/aromatic N) is 2. The van der Waals surface area contributed by atoms with Gasteiger partial charge in [0.2, 0.25) is 0 Å². The lowest BCUT2D eigenvalue weighted by atomic mass is 9.91. The number of ether oxygens (including phenoxy) is 1. The molecule has 0 bridgehead atoms. The minimum atomic E-state index is 0.170. The Morgan fingerprint density at radius 3 is 2.54 bits per heavy atom. The van der Waals surface area contributed by atoms with Gasteiger partial charge in [0.1, 0.15) is 5.60 Å². The molecule has 0 aromatic rings. The SMILES string of the molecule is CC(C)N1CC2(CN(I)CCO2)C1. The average molecular weight is 296 g/mol. The van der Waals surface area contributed by atoms with Crippen LogP contribution in [0.25, 0.3) is 0 Å². The van der Waals surface area contributed by atoms with Crippen LogP contribution in [0.15, 0.2) is 0 Å². The van der Waals surface area contributed by atoms with Crippen LogP contribution in [0.3, 0.4) is 0 Å². The summed E-state index contributed by atoms with van der Waals surface area (Å²) in [5, 5.41) is 0. The minimum absolute atomic E-state index is 0.170. The van der Waals surface area contributed by atoms with Crippen molar-refractivity contribution >= 4 is 22.9 Å². The second kappa shape index (κ2) is 3.64. The Balaban J connectivity index is 1.88. The van der Waals surface area contributed by atoms with Gasteiger partial charge in [0, 0.05) is 55.1 Å². The van der Waals surface area contributed by atoms with E-state index in [4.69, 9.17) is 4.74 Å². The van der Waals surface area contributed by atoms with Gasteiger partial charge in [0.15, 0.2) is 0 Å². The van der Waals surface area contributed by atoms with Crippen molar-refractivity contribution in [3.05, 3.63) is 0 Å². The molecule has 0 N–H and O–H groups in total. The highest BCUT2D eigenvalue weighted by Gasteiger charge is 2.47. The molecule has 4 heteroatoms. The molecular formula is C9H17IN2O. The molecule has 2 fully saturated rings. The zero-order valence-electron chi connectivity index (χ0n) is 8.29. The second-order valence-electron chi connectivity index (χ2n) is 4.37. The summed E-state index contributed by atoms with van der Waals surface area (Å²) in [7, 11) is 0. The highest BCUT2D eigenvalue weighted by Crippen LogP contribution is 2.31. The van der Waals surface area contributed by atoms with E-state index >= 15 is 0 Å². The van der Waals surface area contributed by atoms with E-state index in [1.165, 1.54) is 0 Å². The topological polar surface area (TPSA) is 15.7 Å². The zero-order chi connectivity index (χ0) is 9.47. The van der Waals surface area contributed by atoms with Crippen molar-refractivity contribution in [2.24, 2.45) is 0 Å². The van der Waals surface area contributed by atoms with Crippen LogP contribution in [0.1, 0.15) is 13.8 Å². The summed E-state index contributed by atoms with van der Waals surface area (Å²) < 4.78 is 8.21. The Bertz CT molecular complexity index is 192. The fourth-order valence-corrected chi connectivity index (χ4v) is 2.87. The van der Waals surface area contributed by atoms with Crippen LogP contribution >= 0.6 is 22.9 Å². The lowest BCUT2D eigenvalue weighted by Gasteiger charge is -2.54. The Kier molecular flexibility index (Phi) is 2.84. The zero-order valence-corrected chi connectivity index (χ0v) is 10.5. The van der Waals surface area contributed by atoms with Crippen molar-refractivity contribution in [3.63, 3.8) is 0 Å². The van der Waals surface area contributed by atoms with Gasteiger partial charge in [0.25, 0.3) is 0 Å². The third-order valence-electron chi connectivity index (χ3n) is 2.91. The highest BCUT2D eigenvalue weighted by atomic mass is 127. The number of likely N-dealkylation sites (tertiary alicyclic amines) is 1. The number of morpholine rings is 1. The van der Waals surface area contributed by atoms with Crippen LogP contribution in [0.5, 0.6) is 0 Å². The van der Waals surface area contributed by atoms with Gasteiger partial charge in [-0.2, -0.15) is 0 Å². The monoisotopic (exact) mass is 296 g/mol. The molecule has 1 spiro atoms. The third kappa shape index (κ3) is 2.00. The van der Waals surface area contributed by atoms with E-state index in [-0.39, 0.29) is 5.60 Å². The molecular weight excluding hydrogens is 279 g/mol. The Morgan fingerprint density at radius 2 is 2.00 bits per heavy atom. The molecule has 2 saturated heterocycles. The molecule has 0 saturated carbocycles. The van der Waals surface area contributed by atoms with Gasteiger partial charge >= 0.3 is 0 Å². The van der Waals surface area contributed by atoms with E-state index in [1.54, 1.807) is 0 Å². The molecule has 2 aliphatic rings. The maximum atomic E-state index is 5.86. The quantitative estimate of drug-likeness (QED) is 0.533. The first-order valence-corrected chi connectivity index (χ1v) is 5.87. The van der Waals surface area contributed by atoms with Crippen molar-refractivity contribution in [2.75, 3.05) is 32.8 Å². The van der Waals surface area contributed by atoms with Gasteiger partial charge in [-0.15, -0.1) is 0 Å². The summed E-state index contributed by atoms with van der Waals surface area (Å²) >= 11 is 2.40. The van der Waals surface area contributed by atoms with Crippen molar-refractivity contribution in [3.8, 4) is 0 Å². The largest absolute Gasteiger partial charge is 0.370 e. The van der Waals surface area contributed by atoms with E-state index < -0.39 is 0 Å². The number of hydrogen-bond donors (Lipinski definition) is 0. The maximum Gasteiger partial charge on any atom is 0.107 e. The first-order chi connectivity index (χ1) is 6.11. The van der Waals surface area contributed by atoms with Crippen LogP contribution in [-0.2, 0) is 4.74 Å². The lowest BCUT2D eigenvalue weighted by Crippen LogP contribution is -2.70. The molecule has 0 aromatic heterocycles. The van der Waals surface area contributed by atoms with Crippen LogP contribution < -0.4 is 0 Å². The predicted octanol–water partition coefficient (Wildman–Crippen LogP) is 1.13. The first-order valence-electron chi connectivity index (χ1n) is 4.90. The Labute approximate surface area is 93.9 Å². The van der Waals surface area contributed by atoms with Crippen LogP contribution in [0.4, 0.5) is 0 Å². The molecule has 0 aromatic carbocycles. The summed E-state index contributed by atoms with van der Waals surface area (Å²) in [4.78, 5) is 2.47. The number of rotatable bonds is 1. The van der Waals surface area contributed by atoms with Crippen molar-refractivity contribution in [1.29, 1.82) is 0 Å². The van der Waals surface area contributed by atoms with Gasteiger partial charge in [0.05, 0.1) is 6.61 Å². The average Bonchev–Trinajstić information content (AvgIpc) is 1.99. The van der Waals surface area contributed by atoms with Gasteiger partial charge in [-0.3, -0.25) is 4.90 Å². The van der Waals surface area contributed by atoms with E-state index in [0.717, 1.165) is 32.8 Å². The molecule has 0 unspecified atom stereocenters. The van der Waals surface area contributed by atoms with Crippen molar-refractivity contribution < 1.29 is 4.74 Å². The van der Waals surface area contributed by atoms with E-state index in [1.807, 2.05) is 0 Å². The summed E-state index contributed by atoms with van der Waals surface area (Å²) in [6.07, 6.45) is 0. The minimum Gasteiger partial charge on any atom is -0.370 e. The maximum absolute atomic E-state index is 5.86. The van der Waals surface area contributed by atoms with Crippen LogP contribution in [0, 0.1) is 0 Å². The Hall–Kier alpha value is 0.610. The van der Waals surface area contributed by atoms with Crippen LogP contribution in [-0.4, -0.2) is 52.4 Å². The molecule has 13 heavy (non-hydrogen) atoms. The highest BCUT2D eigenvalue weighted by molar-refractivity contribution is 14.1. The molecule has 76 valence electrons. The fourth-order valence-electron chi connectivity index (χ4n) is 2.05. The van der Waals surface area contributed by atoms with E-state index in [2.05, 4.69) is 44.7 Å².